The number of amides is 1. The number of rotatable bonds is 5. The zero-order valence-corrected chi connectivity index (χ0v) is 12.2. The number of nitrogens with one attached hydrogen (secondary N) is 2. The predicted molar refractivity (Wildman–Crippen MR) is 82.5 cm³/mol. The van der Waals surface area contributed by atoms with Crippen LogP contribution in [0.25, 0.3) is 0 Å². The molecule has 0 radical (unpaired) electrons. The van der Waals surface area contributed by atoms with Gasteiger partial charge in [0.1, 0.15) is 0 Å². The summed E-state index contributed by atoms with van der Waals surface area (Å²) in [7, 11) is 0. The maximum atomic E-state index is 11.9. The van der Waals surface area contributed by atoms with E-state index in [9.17, 15) is 4.79 Å². The molecular formula is C16H25N3O. The number of carbonyl (C=O) groups excluding carboxylic acids is 1. The van der Waals surface area contributed by atoms with Crippen molar-refractivity contribution in [3.8, 4) is 0 Å². The second-order valence-corrected chi connectivity index (χ2v) is 5.69. The van der Waals surface area contributed by atoms with Crippen LogP contribution in [0.4, 0.5) is 5.69 Å². The number of nitrogens with two attached hydrogens (primary N) is 1. The van der Waals surface area contributed by atoms with Gasteiger partial charge in [-0.05, 0) is 62.9 Å². The van der Waals surface area contributed by atoms with Gasteiger partial charge in [-0.25, -0.2) is 0 Å². The molecule has 0 spiro atoms. The Bertz CT molecular complexity index is 422. The average Bonchev–Trinajstić information content (AvgIpc) is 2.47. The van der Waals surface area contributed by atoms with Crippen LogP contribution in [-0.4, -0.2) is 19.0 Å². The first kappa shape index (κ1) is 15.0. The van der Waals surface area contributed by atoms with E-state index in [2.05, 4.69) is 10.6 Å². The van der Waals surface area contributed by atoms with Crippen LogP contribution in [0.15, 0.2) is 24.3 Å². The SMILES string of the molecule is CC(N)c1ccc(NC(=O)CCC2CCNCC2)cc1. The Morgan fingerprint density at radius 2 is 2.00 bits per heavy atom. The van der Waals surface area contributed by atoms with Gasteiger partial charge < -0.3 is 16.4 Å². The summed E-state index contributed by atoms with van der Waals surface area (Å²) in [5, 5.41) is 6.30. The van der Waals surface area contributed by atoms with Crippen molar-refractivity contribution >= 4 is 11.6 Å². The molecular weight excluding hydrogens is 250 g/mol. The van der Waals surface area contributed by atoms with Gasteiger partial charge in [0.05, 0.1) is 0 Å². The number of benzene rings is 1. The van der Waals surface area contributed by atoms with E-state index in [-0.39, 0.29) is 11.9 Å². The molecule has 0 aromatic heterocycles. The standard InChI is InChI=1S/C16H25N3O/c1-12(17)14-3-5-15(6-4-14)19-16(20)7-2-13-8-10-18-11-9-13/h3-6,12-13,18H,2,7-11,17H2,1H3,(H,19,20). The number of hydrogen-bond acceptors (Lipinski definition) is 3. The topological polar surface area (TPSA) is 67.1 Å². The van der Waals surface area contributed by atoms with Crippen LogP contribution in [0.3, 0.4) is 0 Å². The number of carbonyl (C=O) groups is 1. The van der Waals surface area contributed by atoms with Crippen molar-refractivity contribution in [3.63, 3.8) is 0 Å². The van der Waals surface area contributed by atoms with Crippen molar-refractivity contribution in [2.75, 3.05) is 18.4 Å². The molecule has 1 aliphatic heterocycles. The van der Waals surface area contributed by atoms with Gasteiger partial charge in [0.15, 0.2) is 0 Å². The molecule has 1 aliphatic rings. The lowest BCUT2D eigenvalue weighted by molar-refractivity contribution is -0.116. The van der Waals surface area contributed by atoms with Gasteiger partial charge in [-0.1, -0.05) is 12.1 Å². The quantitative estimate of drug-likeness (QED) is 0.773. The molecule has 1 unspecified atom stereocenters. The highest BCUT2D eigenvalue weighted by Crippen LogP contribution is 2.19. The average molecular weight is 275 g/mol. The molecule has 1 saturated heterocycles. The van der Waals surface area contributed by atoms with Gasteiger partial charge in [-0.3, -0.25) is 4.79 Å². The molecule has 1 heterocycles. The Hall–Kier alpha value is -1.39. The number of hydrogen-bond donors (Lipinski definition) is 3. The molecule has 1 aromatic carbocycles. The third kappa shape index (κ3) is 4.62. The van der Waals surface area contributed by atoms with Crippen LogP contribution in [0.2, 0.25) is 0 Å². The highest BCUT2D eigenvalue weighted by molar-refractivity contribution is 5.90. The predicted octanol–water partition coefficient (Wildman–Crippen LogP) is 2.42. The van der Waals surface area contributed by atoms with Crippen molar-refractivity contribution in [3.05, 3.63) is 29.8 Å². The van der Waals surface area contributed by atoms with E-state index < -0.39 is 0 Å². The molecule has 0 bridgehead atoms. The van der Waals surface area contributed by atoms with E-state index in [1.165, 1.54) is 12.8 Å². The maximum Gasteiger partial charge on any atom is 0.224 e. The van der Waals surface area contributed by atoms with E-state index in [4.69, 9.17) is 5.73 Å². The van der Waals surface area contributed by atoms with E-state index in [1.54, 1.807) is 0 Å². The van der Waals surface area contributed by atoms with Gasteiger partial charge in [0.25, 0.3) is 0 Å². The maximum absolute atomic E-state index is 11.9. The number of anilines is 1. The lowest BCUT2D eigenvalue weighted by atomic mass is 9.93. The van der Waals surface area contributed by atoms with Gasteiger partial charge in [0, 0.05) is 18.2 Å². The van der Waals surface area contributed by atoms with Crippen LogP contribution in [0.5, 0.6) is 0 Å². The van der Waals surface area contributed by atoms with Crippen LogP contribution in [0.1, 0.15) is 44.2 Å². The van der Waals surface area contributed by atoms with Crippen LogP contribution in [0, 0.1) is 5.92 Å². The van der Waals surface area contributed by atoms with Crippen LogP contribution >= 0.6 is 0 Å². The van der Waals surface area contributed by atoms with Gasteiger partial charge >= 0.3 is 0 Å². The minimum atomic E-state index is 0.0275. The van der Waals surface area contributed by atoms with Crippen molar-refractivity contribution in [1.29, 1.82) is 0 Å². The largest absolute Gasteiger partial charge is 0.326 e. The highest BCUT2D eigenvalue weighted by Gasteiger charge is 2.14. The Morgan fingerprint density at radius 3 is 2.60 bits per heavy atom. The van der Waals surface area contributed by atoms with Crippen molar-refractivity contribution in [1.82, 2.24) is 5.32 Å². The van der Waals surface area contributed by atoms with Crippen molar-refractivity contribution < 1.29 is 4.79 Å². The zero-order valence-electron chi connectivity index (χ0n) is 12.2. The molecule has 2 rings (SSSR count). The second-order valence-electron chi connectivity index (χ2n) is 5.69. The first-order chi connectivity index (χ1) is 9.65. The lowest BCUT2D eigenvalue weighted by Gasteiger charge is -2.22. The summed E-state index contributed by atoms with van der Waals surface area (Å²) in [6.07, 6.45) is 3.98. The summed E-state index contributed by atoms with van der Waals surface area (Å²) in [4.78, 5) is 11.9. The van der Waals surface area contributed by atoms with Crippen LogP contribution in [-0.2, 0) is 4.79 Å². The fourth-order valence-corrected chi connectivity index (χ4v) is 2.60. The molecule has 1 aromatic rings. The molecule has 1 atom stereocenters. The fraction of sp³-hybridized carbons (Fsp3) is 0.562. The molecule has 110 valence electrons. The second kappa shape index (κ2) is 7.41. The summed E-state index contributed by atoms with van der Waals surface area (Å²) in [5.74, 6) is 0.805. The van der Waals surface area contributed by atoms with Crippen LogP contribution < -0.4 is 16.4 Å². The molecule has 4 nitrogen and oxygen atoms in total. The number of piperidine rings is 1. The normalized spacial score (nSPS) is 17.7. The molecule has 4 N–H and O–H groups in total. The Kier molecular flexibility index (Phi) is 5.56. The van der Waals surface area contributed by atoms with E-state index in [0.29, 0.717) is 12.3 Å². The van der Waals surface area contributed by atoms with Gasteiger partial charge in [-0.15, -0.1) is 0 Å². The summed E-state index contributed by atoms with van der Waals surface area (Å²) in [6, 6.07) is 7.79. The Balaban J connectivity index is 1.75. The molecule has 0 aliphatic carbocycles. The molecule has 0 saturated carbocycles. The first-order valence-corrected chi connectivity index (χ1v) is 7.51. The molecule has 1 amide bonds. The minimum absolute atomic E-state index is 0.0275. The third-order valence-electron chi connectivity index (χ3n) is 3.96. The van der Waals surface area contributed by atoms with Gasteiger partial charge in [0.2, 0.25) is 5.91 Å². The molecule has 4 heteroatoms. The summed E-state index contributed by atoms with van der Waals surface area (Å²) in [5.41, 5.74) is 7.74. The van der Waals surface area contributed by atoms with Crippen molar-refractivity contribution in [2.45, 2.75) is 38.6 Å². The monoisotopic (exact) mass is 275 g/mol. The minimum Gasteiger partial charge on any atom is -0.326 e. The molecule has 1 fully saturated rings. The van der Waals surface area contributed by atoms with E-state index >= 15 is 0 Å². The van der Waals surface area contributed by atoms with E-state index in [1.807, 2.05) is 31.2 Å². The Morgan fingerprint density at radius 1 is 1.35 bits per heavy atom. The smallest absolute Gasteiger partial charge is 0.224 e. The third-order valence-corrected chi connectivity index (χ3v) is 3.96. The summed E-state index contributed by atoms with van der Waals surface area (Å²) >= 11 is 0. The van der Waals surface area contributed by atoms with Gasteiger partial charge in [-0.2, -0.15) is 0 Å². The van der Waals surface area contributed by atoms with E-state index in [0.717, 1.165) is 30.8 Å². The summed E-state index contributed by atoms with van der Waals surface area (Å²) < 4.78 is 0. The highest BCUT2D eigenvalue weighted by atomic mass is 16.1. The zero-order chi connectivity index (χ0) is 14.4. The lowest BCUT2D eigenvalue weighted by Crippen LogP contribution is -2.28. The fourth-order valence-electron chi connectivity index (χ4n) is 2.60. The Labute approximate surface area is 121 Å². The molecule has 20 heavy (non-hydrogen) atoms. The summed E-state index contributed by atoms with van der Waals surface area (Å²) in [6.45, 7) is 4.13. The van der Waals surface area contributed by atoms with Crippen molar-refractivity contribution in [2.24, 2.45) is 11.7 Å². The first-order valence-electron chi connectivity index (χ1n) is 7.51.